The first-order valence-corrected chi connectivity index (χ1v) is 10.1. The Bertz CT molecular complexity index is 969. The summed E-state index contributed by atoms with van der Waals surface area (Å²) in [6.07, 6.45) is 1.30. The second kappa shape index (κ2) is 8.22. The van der Waals surface area contributed by atoms with Crippen molar-refractivity contribution in [1.29, 1.82) is 0 Å². The lowest BCUT2D eigenvalue weighted by Gasteiger charge is -2.35. The van der Waals surface area contributed by atoms with Crippen LogP contribution in [-0.2, 0) is 4.74 Å². The molecule has 0 saturated carbocycles. The molecule has 2 aromatic carbocycles. The van der Waals surface area contributed by atoms with Crippen LogP contribution in [0.15, 0.2) is 36.4 Å². The molecule has 2 saturated heterocycles. The predicted molar refractivity (Wildman–Crippen MR) is 114 cm³/mol. The van der Waals surface area contributed by atoms with E-state index >= 15 is 0 Å². The van der Waals surface area contributed by atoms with Crippen LogP contribution in [0.4, 0.5) is 21.9 Å². The molecule has 0 aliphatic carbocycles. The van der Waals surface area contributed by atoms with Crippen molar-refractivity contribution in [2.75, 3.05) is 36.0 Å². The molecular weight excluding hydrogens is 386 g/mol. The normalized spacial score (nSPS) is 17.2. The van der Waals surface area contributed by atoms with Gasteiger partial charge in [-0.05, 0) is 43.2 Å². The van der Waals surface area contributed by atoms with Crippen LogP contribution in [0.1, 0.15) is 24.0 Å². The zero-order valence-electron chi connectivity index (χ0n) is 17.2. The average molecular weight is 411 g/mol. The Morgan fingerprint density at radius 1 is 1.03 bits per heavy atom. The van der Waals surface area contributed by atoms with Gasteiger partial charge in [0.2, 0.25) is 0 Å². The van der Waals surface area contributed by atoms with Gasteiger partial charge in [-0.1, -0.05) is 6.07 Å². The van der Waals surface area contributed by atoms with Crippen LogP contribution in [0.2, 0.25) is 0 Å². The third kappa shape index (κ3) is 4.03. The van der Waals surface area contributed by atoms with E-state index in [9.17, 15) is 14.9 Å². The van der Waals surface area contributed by atoms with Crippen molar-refractivity contribution < 1.29 is 19.2 Å². The fraction of sp³-hybridized carbons (Fsp3) is 0.409. The van der Waals surface area contributed by atoms with Gasteiger partial charge < -0.3 is 14.4 Å². The fourth-order valence-electron chi connectivity index (χ4n) is 3.92. The summed E-state index contributed by atoms with van der Waals surface area (Å²) in [4.78, 5) is 26.5. The topological polar surface area (TPSA) is 85.2 Å². The number of ether oxygens (including phenoxy) is 2. The maximum Gasteiger partial charge on any atom is 0.414 e. The number of cyclic esters (lactones) is 1. The summed E-state index contributed by atoms with van der Waals surface area (Å²) in [7, 11) is 0. The van der Waals surface area contributed by atoms with Gasteiger partial charge in [-0.15, -0.1) is 0 Å². The largest absolute Gasteiger partial charge is 0.490 e. The van der Waals surface area contributed by atoms with Crippen molar-refractivity contribution >= 4 is 23.2 Å². The number of rotatable bonds is 5. The van der Waals surface area contributed by atoms with Crippen molar-refractivity contribution in [1.82, 2.24) is 0 Å². The number of aryl methyl sites for hydroxylation is 2. The molecule has 0 spiro atoms. The van der Waals surface area contributed by atoms with E-state index in [1.165, 1.54) is 28.2 Å². The molecule has 158 valence electrons. The average Bonchev–Trinajstić information content (AvgIpc) is 3.16. The van der Waals surface area contributed by atoms with E-state index < -0.39 is 11.0 Å². The SMILES string of the molecule is Cc1ccc(OC2CCN(c3ccc([N+](=O)[O-])cc3N3CCOC3=O)CC2)cc1C. The molecule has 2 aromatic rings. The van der Waals surface area contributed by atoms with E-state index in [1.807, 2.05) is 6.07 Å². The first-order chi connectivity index (χ1) is 14.4. The van der Waals surface area contributed by atoms with E-state index in [2.05, 4.69) is 30.9 Å². The van der Waals surface area contributed by atoms with Gasteiger partial charge in [-0.2, -0.15) is 0 Å². The smallest absolute Gasteiger partial charge is 0.414 e. The number of nitro groups is 1. The molecule has 4 rings (SSSR count). The highest BCUT2D eigenvalue weighted by molar-refractivity contribution is 5.94. The van der Waals surface area contributed by atoms with Gasteiger partial charge in [0.05, 0.1) is 22.8 Å². The maximum absolute atomic E-state index is 12.1. The minimum atomic E-state index is -0.468. The Balaban J connectivity index is 1.49. The third-order valence-corrected chi connectivity index (χ3v) is 5.79. The van der Waals surface area contributed by atoms with Gasteiger partial charge in [-0.25, -0.2) is 4.79 Å². The van der Waals surface area contributed by atoms with Crippen LogP contribution >= 0.6 is 0 Å². The van der Waals surface area contributed by atoms with Crippen LogP contribution in [0.5, 0.6) is 5.75 Å². The molecule has 30 heavy (non-hydrogen) atoms. The lowest BCUT2D eigenvalue weighted by Crippen LogP contribution is -2.39. The Morgan fingerprint density at radius 2 is 1.80 bits per heavy atom. The Kier molecular flexibility index (Phi) is 5.48. The standard InChI is InChI=1S/C22H25N3O5/c1-15-3-5-19(13-16(15)2)30-18-7-9-23(10-8-18)20-6-4-17(25(27)28)14-21(20)24-11-12-29-22(24)26/h3-6,13-14,18H,7-12H2,1-2H3. The lowest BCUT2D eigenvalue weighted by molar-refractivity contribution is -0.384. The van der Waals surface area contributed by atoms with Gasteiger partial charge >= 0.3 is 6.09 Å². The summed E-state index contributed by atoms with van der Waals surface area (Å²) in [5.41, 5.74) is 3.74. The molecule has 0 radical (unpaired) electrons. The van der Waals surface area contributed by atoms with Crippen LogP contribution in [0, 0.1) is 24.0 Å². The highest BCUT2D eigenvalue weighted by atomic mass is 16.6. The molecule has 0 atom stereocenters. The van der Waals surface area contributed by atoms with Crippen LogP contribution in [-0.4, -0.2) is 43.4 Å². The minimum Gasteiger partial charge on any atom is -0.490 e. The van der Waals surface area contributed by atoms with Crippen LogP contribution in [0.25, 0.3) is 0 Å². The van der Waals surface area contributed by atoms with E-state index in [4.69, 9.17) is 9.47 Å². The number of carbonyl (C=O) groups is 1. The third-order valence-electron chi connectivity index (χ3n) is 5.79. The number of hydrogen-bond acceptors (Lipinski definition) is 6. The van der Waals surface area contributed by atoms with Crippen molar-refractivity contribution in [2.45, 2.75) is 32.8 Å². The summed E-state index contributed by atoms with van der Waals surface area (Å²) in [5, 5.41) is 11.2. The number of nitrogens with zero attached hydrogens (tertiary/aromatic N) is 3. The van der Waals surface area contributed by atoms with Gasteiger partial charge in [0.15, 0.2) is 0 Å². The molecule has 2 aliphatic heterocycles. The number of benzene rings is 2. The summed E-state index contributed by atoms with van der Waals surface area (Å²) in [5.74, 6) is 0.882. The second-order valence-corrected chi connectivity index (χ2v) is 7.75. The van der Waals surface area contributed by atoms with Crippen LogP contribution in [0.3, 0.4) is 0 Å². The number of piperidine rings is 1. The molecule has 2 aliphatic rings. The first kappa shape index (κ1) is 20.0. The van der Waals surface area contributed by atoms with Crippen molar-refractivity contribution in [3.05, 3.63) is 57.6 Å². The number of carbonyl (C=O) groups excluding carboxylic acids is 1. The van der Waals surface area contributed by atoms with Gasteiger partial charge in [0.25, 0.3) is 5.69 Å². The van der Waals surface area contributed by atoms with Crippen molar-refractivity contribution in [2.24, 2.45) is 0 Å². The van der Waals surface area contributed by atoms with E-state index in [1.54, 1.807) is 6.07 Å². The maximum atomic E-state index is 12.1. The number of anilines is 2. The molecule has 0 unspecified atom stereocenters. The van der Waals surface area contributed by atoms with E-state index in [0.29, 0.717) is 12.2 Å². The Hall–Kier alpha value is -3.29. The first-order valence-electron chi connectivity index (χ1n) is 10.1. The quantitative estimate of drug-likeness (QED) is 0.541. The number of non-ortho nitro benzene ring substituents is 1. The zero-order valence-corrected chi connectivity index (χ0v) is 17.2. The summed E-state index contributed by atoms with van der Waals surface area (Å²) in [6, 6.07) is 10.8. The Morgan fingerprint density at radius 3 is 2.43 bits per heavy atom. The second-order valence-electron chi connectivity index (χ2n) is 7.75. The number of hydrogen-bond donors (Lipinski definition) is 0. The summed E-state index contributed by atoms with van der Waals surface area (Å²) >= 11 is 0. The molecule has 0 aromatic heterocycles. The zero-order chi connectivity index (χ0) is 21.3. The highest BCUT2D eigenvalue weighted by Crippen LogP contribution is 2.36. The summed E-state index contributed by atoms with van der Waals surface area (Å²) < 4.78 is 11.2. The molecule has 0 N–H and O–H groups in total. The number of amides is 1. The van der Waals surface area contributed by atoms with E-state index in [0.717, 1.165) is 37.4 Å². The molecule has 8 nitrogen and oxygen atoms in total. The van der Waals surface area contributed by atoms with Crippen molar-refractivity contribution in [3.63, 3.8) is 0 Å². The monoisotopic (exact) mass is 411 g/mol. The lowest BCUT2D eigenvalue weighted by atomic mass is 10.1. The molecule has 0 bridgehead atoms. The molecular formula is C22H25N3O5. The predicted octanol–water partition coefficient (Wildman–Crippen LogP) is 4.22. The van der Waals surface area contributed by atoms with Gasteiger partial charge in [0.1, 0.15) is 18.5 Å². The molecule has 2 heterocycles. The minimum absolute atomic E-state index is 0.0404. The fourth-order valence-corrected chi connectivity index (χ4v) is 3.92. The molecule has 2 fully saturated rings. The summed E-state index contributed by atoms with van der Waals surface area (Å²) in [6.45, 7) is 6.30. The van der Waals surface area contributed by atoms with Gasteiger partial charge in [-0.3, -0.25) is 15.0 Å². The van der Waals surface area contributed by atoms with Crippen LogP contribution < -0.4 is 14.5 Å². The van der Waals surface area contributed by atoms with E-state index in [-0.39, 0.29) is 18.4 Å². The van der Waals surface area contributed by atoms with Crippen molar-refractivity contribution in [3.8, 4) is 5.75 Å². The molecule has 1 amide bonds. The highest BCUT2D eigenvalue weighted by Gasteiger charge is 2.30. The van der Waals surface area contributed by atoms with Gasteiger partial charge in [0, 0.05) is 38.1 Å². The number of nitro benzene ring substituents is 1. The molecule has 8 heteroatoms. The Labute approximate surface area is 175 Å².